The minimum absolute atomic E-state index is 0.0968. The lowest BCUT2D eigenvalue weighted by Crippen LogP contribution is -2.35. The van der Waals surface area contributed by atoms with Crippen LogP contribution in [0.1, 0.15) is 35.2 Å². The average Bonchev–Trinajstić information content (AvgIpc) is 2.70. The summed E-state index contributed by atoms with van der Waals surface area (Å²) < 4.78 is 39.8. The number of halogens is 1. The van der Waals surface area contributed by atoms with Crippen molar-refractivity contribution >= 4 is 22.1 Å². The van der Waals surface area contributed by atoms with Gasteiger partial charge in [0, 0.05) is 18.7 Å². The number of rotatable bonds is 5. The van der Waals surface area contributed by atoms with E-state index in [-0.39, 0.29) is 16.3 Å². The van der Waals surface area contributed by atoms with Crippen molar-refractivity contribution in [2.75, 3.05) is 13.1 Å². The maximum absolute atomic E-state index is 12.9. The number of nitrogens with one attached hydrogen (secondary N) is 1. The highest BCUT2D eigenvalue weighted by molar-refractivity contribution is 7.89. The van der Waals surface area contributed by atoms with Crippen LogP contribution in [0.3, 0.4) is 0 Å². The molecule has 0 unspecified atom stereocenters. The average molecular weight is 389 g/mol. The Bertz CT molecular complexity index is 937. The summed E-state index contributed by atoms with van der Waals surface area (Å²) in [5.74, 6) is -0.882. The van der Waals surface area contributed by atoms with Gasteiger partial charge in [-0.2, -0.15) is 9.41 Å². The molecule has 1 aliphatic heterocycles. The molecule has 0 aromatic heterocycles. The summed E-state index contributed by atoms with van der Waals surface area (Å²) >= 11 is 0. The number of sulfonamides is 1. The number of benzene rings is 2. The van der Waals surface area contributed by atoms with Crippen molar-refractivity contribution in [3.8, 4) is 0 Å². The number of hydrazone groups is 1. The number of hydrogen-bond donors (Lipinski definition) is 1. The number of piperidine rings is 1. The molecule has 0 saturated carbocycles. The third kappa shape index (κ3) is 4.78. The minimum atomic E-state index is -3.61. The molecule has 1 heterocycles. The first-order chi connectivity index (χ1) is 13.0. The molecule has 2 aromatic rings. The molecule has 1 N–H and O–H groups in total. The molecule has 0 radical (unpaired) electrons. The molecule has 1 fully saturated rings. The van der Waals surface area contributed by atoms with E-state index in [9.17, 15) is 17.6 Å². The van der Waals surface area contributed by atoms with E-state index in [4.69, 9.17) is 0 Å². The first-order valence-electron chi connectivity index (χ1n) is 8.66. The van der Waals surface area contributed by atoms with E-state index in [1.165, 1.54) is 59.1 Å². The molecule has 142 valence electrons. The van der Waals surface area contributed by atoms with E-state index in [1.807, 2.05) is 0 Å². The quantitative estimate of drug-likeness (QED) is 0.631. The zero-order valence-corrected chi connectivity index (χ0v) is 15.5. The normalized spacial score (nSPS) is 15.7. The molecule has 1 amide bonds. The third-order valence-corrected chi connectivity index (χ3v) is 6.19. The van der Waals surface area contributed by atoms with Crippen LogP contribution in [-0.2, 0) is 10.0 Å². The summed E-state index contributed by atoms with van der Waals surface area (Å²) in [7, 11) is -3.61. The van der Waals surface area contributed by atoms with Crippen LogP contribution in [0, 0.1) is 5.82 Å². The van der Waals surface area contributed by atoms with Crippen molar-refractivity contribution in [2.45, 2.75) is 24.2 Å². The van der Waals surface area contributed by atoms with E-state index >= 15 is 0 Å². The largest absolute Gasteiger partial charge is 0.271 e. The molecule has 0 atom stereocenters. The first-order valence-corrected chi connectivity index (χ1v) is 10.1. The van der Waals surface area contributed by atoms with Gasteiger partial charge >= 0.3 is 0 Å². The fraction of sp³-hybridized carbons (Fsp3) is 0.263. The first kappa shape index (κ1) is 19.2. The Labute approximate surface area is 157 Å². The Morgan fingerprint density at radius 3 is 2.48 bits per heavy atom. The fourth-order valence-corrected chi connectivity index (χ4v) is 4.39. The third-order valence-electron chi connectivity index (χ3n) is 4.30. The van der Waals surface area contributed by atoms with Gasteiger partial charge in [-0.25, -0.2) is 18.2 Å². The van der Waals surface area contributed by atoms with E-state index in [1.54, 1.807) is 0 Å². The fourth-order valence-electron chi connectivity index (χ4n) is 2.83. The second-order valence-electron chi connectivity index (χ2n) is 6.24. The van der Waals surface area contributed by atoms with Crippen molar-refractivity contribution in [3.05, 3.63) is 65.5 Å². The highest BCUT2D eigenvalue weighted by Gasteiger charge is 2.26. The molecule has 0 bridgehead atoms. The molecule has 0 spiro atoms. The van der Waals surface area contributed by atoms with Crippen LogP contribution in [0.5, 0.6) is 0 Å². The molecule has 0 aliphatic carbocycles. The van der Waals surface area contributed by atoms with Crippen LogP contribution >= 0.6 is 0 Å². The Hall–Kier alpha value is -2.58. The van der Waals surface area contributed by atoms with Crippen LogP contribution in [0.4, 0.5) is 4.39 Å². The van der Waals surface area contributed by atoms with Crippen LogP contribution < -0.4 is 5.43 Å². The van der Waals surface area contributed by atoms with Crippen LogP contribution in [-0.4, -0.2) is 37.9 Å². The zero-order chi connectivity index (χ0) is 19.3. The molecule has 27 heavy (non-hydrogen) atoms. The molecular weight excluding hydrogens is 369 g/mol. The van der Waals surface area contributed by atoms with E-state index in [0.717, 1.165) is 19.3 Å². The molecule has 3 rings (SSSR count). The molecule has 2 aromatic carbocycles. The topological polar surface area (TPSA) is 78.8 Å². The Kier molecular flexibility index (Phi) is 5.98. The summed E-state index contributed by atoms with van der Waals surface area (Å²) in [5.41, 5.74) is 3.17. The maximum Gasteiger partial charge on any atom is 0.271 e. The number of carbonyl (C=O) groups excluding carboxylic acids is 1. The van der Waals surface area contributed by atoms with Gasteiger partial charge in [0.15, 0.2) is 0 Å². The van der Waals surface area contributed by atoms with Gasteiger partial charge in [0.25, 0.3) is 5.91 Å². The molecular formula is C19H20FN3O3S. The van der Waals surface area contributed by atoms with Gasteiger partial charge in [-0.1, -0.05) is 24.6 Å². The predicted octanol–water partition coefficient (Wildman–Crippen LogP) is 2.76. The van der Waals surface area contributed by atoms with Crippen molar-refractivity contribution in [1.82, 2.24) is 9.73 Å². The number of carbonyl (C=O) groups is 1. The van der Waals surface area contributed by atoms with Crippen molar-refractivity contribution in [1.29, 1.82) is 0 Å². The summed E-state index contributed by atoms with van der Waals surface area (Å²) in [6, 6.07) is 11.5. The van der Waals surface area contributed by atoms with E-state index in [2.05, 4.69) is 10.5 Å². The van der Waals surface area contributed by atoms with Crippen molar-refractivity contribution in [3.63, 3.8) is 0 Å². The number of nitrogens with zero attached hydrogens (tertiary/aromatic N) is 2. The van der Waals surface area contributed by atoms with Crippen molar-refractivity contribution < 1.29 is 17.6 Å². The molecule has 1 aliphatic rings. The van der Waals surface area contributed by atoms with Gasteiger partial charge in [-0.05, 0) is 48.7 Å². The van der Waals surface area contributed by atoms with Crippen molar-refractivity contribution in [2.24, 2.45) is 5.10 Å². The Morgan fingerprint density at radius 2 is 1.78 bits per heavy atom. The van der Waals surface area contributed by atoms with Gasteiger partial charge in [0.2, 0.25) is 10.0 Å². The second-order valence-corrected chi connectivity index (χ2v) is 8.18. The molecule has 6 nitrogen and oxygen atoms in total. The van der Waals surface area contributed by atoms with Crippen LogP contribution in [0.2, 0.25) is 0 Å². The highest BCUT2D eigenvalue weighted by Crippen LogP contribution is 2.21. The van der Waals surface area contributed by atoms with Gasteiger partial charge in [0.1, 0.15) is 5.82 Å². The summed E-state index contributed by atoms with van der Waals surface area (Å²) in [5, 5.41) is 3.82. The summed E-state index contributed by atoms with van der Waals surface area (Å²) in [6.45, 7) is 1.00. The zero-order valence-electron chi connectivity index (χ0n) is 14.6. The maximum atomic E-state index is 12.9. The number of amides is 1. The van der Waals surface area contributed by atoms with Gasteiger partial charge < -0.3 is 0 Å². The monoisotopic (exact) mass is 389 g/mol. The van der Waals surface area contributed by atoms with E-state index in [0.29, 0.717) is 18.7 Å². The summed E-state index contributed by atoms with van der Waals surface area (Å²) in [4.78, 5) is 12.3. The smallest absolute Gasteiger partial charge is 0.267 e. The van der Waals surface area contributed by atoms with E-state index < -0.39 is 15.9 Å². The van der Waals surface area contributed by atoms with Crippen LogP contribution in [0.15, 0.2) is 58.5 Å². The second kappa shape index (κ2) is 8.41. The predicted molar refractivity (Wildman–Crippen MR) is 101 cm³/mol. The standard InChI is InChI=1S/C19H20FN3O3S/c20-17-9-7-15(8-10-17)14-21-22-19(24)16-5-4-6-18(13-16)27(25,26)23-11-2-1-3-12-23/h4-10,13-14H,1-3,11-12H2,(H,22,24)/b21-14-. The lowest BCUT2D eigenvalue weighted by atomic mass is 10.2. The SMILES string of the molecule is O=C(N/N=C\c1ccc(F)cc1)c1cccc(S(=O)(=O)N2CCCCC2)c1. The number of hydrogen-bond acceptors (Lipinski definition) is 4. The lowest BCUT2D eigenvalue weighted by Gasteiger charge is -2.25. The summed E-state index contributed by atoms with van der Waals surface area (Å²) in [6.07, 6.45) is 4.10. The highest BCUT2D eigenvalue weighted by atomic mass is 32.2. The van der Waals surface area contributed by atoms with Gasteiger partial charge in [0.05, 0.1) is 11.1 Å². The minimum Gasteiger partial charge on any atom is -0.267 e. The lowest BCUT2D eigenvalue weighted by molar-refractivity contribution is 0.0955. The van der Waals surface area contributed by atoms with Crippen LogP contribution in [0.25, 0.3) is 0 Å². The van der Waals surface area contributed by atoms with Gasteiger partial charge in [-0.15, -0.1) is 0 Å². The molecule has 8 heteroatoms. The Morgan fingerprint density at radius 1 is 1.07 bits per heavy atom. The molecule has 1 saturated heterocycles. The Balaban J connectivity index is 1.70. The van der Waals surface area contributed by atoms with Gasteiger partial charge in [-0.3, -0.25) is 4.79 Å².